The Morgan fingerprint density at radius 1 is 1.56 bits per heavy atom. The van der Waals surface area contributed by atoms with Gasteiger partial charge in [-0.15, -0.1) is 11.6 Å². The fraction of sp³-hybridized carbons (Fsp3) is 0.364. The Bertz CT molecular complexity index is 384. The van der Waals surface area contributed by atoms with Crippen molar-refractivity contribution in [3.8, 4) is 0 Å². The first-order valence-electron chi connectivity index (χ1n) is 4.92. The monoisotopic (exact) mass is 323 g/mol. The van der Waals surface area contributed by atoms with Crippen LogP contribution in [-0.4, -0.2) is 17.8 Å². The predicted octanol–water partition coefficient (Wildman–Crippen LogP) is 3.85. The molecule has 1 unspecified atom stereocenters. The van der Waals surface area contributed by atoms with Gasteiger partial charge in [-0.2, -0.15) is 0 Å². The lowest BCUT2D eigenvalue weighted by atomic mass is 10.2. The number of nitrogens with one attached hydrogen (secondary N) is 1. The normalized spacial score (nSPS) is 12.2. The second-order valence-corrected chi connectivity index (χ2v) is 5.22. The highest BCUT2D eigenvalue weighted by atomic mass is 79.9. The number of amides is 1. The van der Waals surface area contributed by atoms with Crippen LogP contribution in [0.3, 0.4) is 0 Å². The number of rotatable bonds is 4. The molecule has 1 aromatic rings. The molecule has 0 heterocycles. The third-order valence-electron chi connectivity index (χ3n) is 2.11. The molecule has 0 aliphatic carbocycles. The Morgan fingerprint density at radius 2 is 2.25 bits per heavy atom. The molecular weight excluding hydrogens is 313 g/mol. The van der Waals surface area contributed by atoms with E-state index >= 15 is 0 Å². The van der Waals surface area contributed by atoms with E-state index in [1.807, 2.05) is 6.92 Å². The van der Waals surface area contributed by atoms with E-state index in [4.69, 9.17) is 23.2 Å². The summed E-state index contributed by atoms with van der Waals surface area (Å²) in [5, 5.41) is 3.24. The molecule has 1 rings (SSSR count). The summed E-state index contributed by atoms with van der Waals surface area (Å²) in [5.74, 6) is -0.159. The minimum absolute atomic E-state index is 0.0325. The fourth-order valence-electron chi connectivity index (χ4n) is 1.09. The van der Waals surface area contributed by atoms with Gasteiger partial charge in [0.2, 0.25) is 0 Å². The molecule has 0 aliphatic heterocycles. The van der Waals surface area contributed by atoms with E-state index in [0.717, 1.165) is 10.9 Å². The molecule has 1 N–H and O–H groups in total. The zero-order chi connectivity index (χ0) is 12.1. The van der Waals surface area contributed by atoms with E-state index in [1.54, 1.807) is 18.2 Å². The number of carbonyl (C=O) groups is 1. The third kappa shape index (κ3) is 3.96. The number of hydrogen-bond donors (Lipinski definition) is 1. The van der Waals surface area contributed by atoms with E-state index < -0.39 is 0 Å². The lowest BCUT2D eigenvalue weighted by molar-refractivity contribution is 0.0953. The Kier molecular flexibility index (Phi) is 5.59. The molecule has 88 valence electrons. The van der Waals surface area contributed by atoms with Crippen molar-refractivity contribution >= 4 is 45.0 Å². The van der Waals surface area contributed by atoms with Crippen molar-refractivity contribution in [1.29, 1.82) is 0 Å². The summed E-state index contributed by atoms with van der Waals surface area (Å²) in [7, 11) is 0. The van der Waals surface area contributed by atoms with Crippen LogP contribution in [0.25, 0.3) is 0 Å². The largest absolute Gasteiger partial charge is 0.351 e. The highest BCUT2D eigenvalue weighted by Crippen LogP contribution is 2.23. The van der Waals surface area contributed by atoms with Crippen LogP contribution in [0.5, 0.6) is 0 Å². The van der Waals surface area contributed by atoms with Crippen LogP contribution in [0.1, 0.15) is 23.7 Å². The maximum atomic E-state index is 11.7. The van der Waals surface area contributed by atoms with Crippen LogP contribution in [0.15, 0.2) is 22.7 Å². The lowest BCUT2D eigenvalue weighted by Crippen LogP contribution is -2.29. The van der Waals surface area contributed by atoms with Crippen LogP contribution < -0.4 is 5.32 Å². The number of benzene rings is 1. The van der Waals surface area contributed by atoms with Gasteiger partial charge in [0.05, 0.1) is 10.4 Å². The van der Waals surface area contributed by atoms with Gasteiger partial charge in [0.1, 0.15) is 0 Å². The minimum Gasteiger partial charge on any atom is -0.351 e. The second kappa shape index (κ2) is 6.48. The molecule has 5 heteroatoms. The number of hydrogen-bond acceptors (Lipinski definition) is 1. The third-order valence-corrected chi connectivity index (χ3v) is 3.80. The minimum atomic E-state index is -0.159. The Balaban J connectivity index is 2.63. The first-order chi connectivity index (χ1) is 7.54. The van der Waals surface area contributed by atoms with Crippen molar-refractivity contribution in [3.63, 3.8) is 0 Å². The van der Waals surface area contributed by atoms with Crippen LogP contribution in [-0.2, 0) is 0 Å². The van der Waals surface area contributed by atoms with Gasteiger partial charge in [0.25, 0.3) is 5.91 Å². The number of carbonyl (C=O) groups excluding carboxylic acids is 1. The van der Waals surface area contributed by atoms with Crippen molar-refractivity contribution in [2.24, 2.45) is 0 Å². The molecular formula is C11H12BrCl2NO. The summed E-state index contributed by atoms with van der Waals surface area (Å²) >= 11 is 15.1. The van der Waals surface area contributed by atoms with Crippen molar-refractivity contribution in [2.75, 3.05) is 6.54 Å². The van der Waals surface area contributed by atoms with E-state index in [9.17, 15) is 4.79 Å². The summed E-state index contributed by atoms with van der Waals surface area (Å²) in [6.07, 6.45) is 0.822. The molecule has 1 amide bonds. The molecule has 0 fully saturated rings. The van der Waals surface area contributed by atoms with Crippen molar-refractivity contribution < 1.29 is 4.79 Å². The van der Waals surface area contributed by atoms with Crippen molar-refractivity contribution in [1.82, 2.24) is 5.32 Å². The maximum absolute atomic E-state index is 11.7. The molecule has 0 radical (unpaired) electrons. The SMILES string of the molecule is CCC(Cl)CNC(=O)c1ccc(Br)c(Cl)c1. The molecule has 0 aromatic heterocycles. The molecule has 0 saturated heterocycles. The highest BCUT2D eigenvalue weighted by Gasteiger charge is 2.09. The van der Waals surface area contributed by atoms with Gasteiger partial charge >= 0.3 is 0 Å². The molecule has 16 heavy (non-hydrogen) atoms. The van der Waals surface area contributed by atoms with Gasteiger partial charge in [-0.05, 0) is 40.5 Å². The molecule has 0 spiro atoms. The first kappa shape index (κ1) is 13.8. The summed E-state index contributed by atoms with van der Waals surface area (Å²) < 4.78 is 0.773. The summed E-state index contributed by atoms with van der Waals surface area (Å²) in [5.41, 5.74) is 0.535. The zero-order valence-corrected chi connectivity index (χ0v) is 11.9. The molecule has 0 aliphatic rings. The van der Waals surface area contributed by atoms with Gasteiger partial charge in [-0.1, -0.05) is 18.5 Å². The average molecular weight is 325 g/mol. The first-order valence-corrected chi connectivity index (χ1v) is 6.52. The van der Waals surface area contributed by atoms with Crippen LogP contribution >= 0.6 is 39.1 Å². The van der Waals surface area contributed by atoms with E-state index in [2.05, 4.69) is 21.2 Å². The van der Waals surface area contributed by atoms with E-state index in [1.165, 1.54) is 0 Å². The number of halogens is 3. The quantitative estimate of drug-likeness (QED) is 0.837. The van der Waals surface area contributed by atoms with Gasteiger partial charge < -0.3 is 5.32 Å². The van der Waals surface area contributed by atoms with Gasteiger partial charge in [0.15, 0.2) is 0 Å². The molecule has 2 nitrogen and oxygen atoms in total. The smallest absolute Gasteiger partial charge is 0.251 e. The van der Waals surface area contributed by atoms with Gasteiger partial charge in [0, 0.05) is 16.6 Å². The van der Waals surface area contributed by atoms with Crippen LogP contribution in [0.4, 0.5) is 0 Å². The predicted molar refractivity (Wildman–Crippen MR) is 71.4 cm³/mol. The summed E-state index contributed by atoms with van der Waals surface area (Å²) in [4.78, 5) is 11.7. The molecule has 0 saturated carbocycles. The van der Waals surface area contributed by atoms with Crippen molar-refractivity contribution in [3.05, 3.63) is 33.3 Å². The van der Waals surface area contributed by atoms with E-state index in [0.29, 0.717) is 17.1 Å². The number of alkyl halides is 1. The average Bonchev–Trinajstić information content (AvgIpc) is 2.29. The molecule has 1 aromatic carbocycles. The molecule has 0 bridgehead atoms. The van der Waals surface area contributed by atoms with Gasteiger partial charge in [-0.3, -0.25) is 4.79 Å². The van der Waals surface area contributed by atoms with E-state index in [-0.39, 0.29) is 11.3 Å². The van der Waals surface area contributed by atoms with Crippen LogP contribution in [0.2, 0.25) is 5.02 Å². The zero-order valence-electron chi connectivity index (χ0n) is 8.77. The topological polar surface area (TPSA) is 29.1 Å². The summed E-state index contributed by atoms with van der Waals surface area (Å²) in [6.45, 7) is 2.44. The Labute approximate surface area is 113 Å². The Hall–Kier alpha value is -0.250. The highest BCUT2D eigenvalue weighted by molar-refractivity contribution is 9.10. The van der Waals surface area contributed by atoms with Gasteiger partial charge in [-0.25, -0.2) is 0 Å². The fourth-order valence-corrected chi connectivity index (χ4v) is 1.59. The second-order valence-electron chi connectivity index (χ2n) is 3.34. The van der Waals surface area contributed by atoms with Crippen LogP contribution in [0, 0.1) is 0 Å². The maximum Gasteiger partial charge on any atom is 0.251 e. The standard InChI is InChI=1S/C11H12BrCl2NO/c1-2-8(13)6-15-11(16)7-3-4-9(12)10(14)5-7/h3-5,8H,2,6H2,1H3,(H,15,16). The van der Waals surface area contributed by atoms with Crippen molar-refractivity contribution in [2.45, 2.75) is 18.7 Å². The lowest BCUT2D eigenvalue weighted by Gasteiger charge is -2.09. The summed E-state index contributed by atoms with van der Waals surface area (Å²) in [6, 6.07) is 5.08. The molecule has 1 atom stereocenters. The Morgan fingerprint density at radius 3 is 2.81 bits per heavy atom.